The minimum Gasteiger partial charge on any atom is -0.324 e. The number of nitrogens with one attached hydrogen (secondary N) is 1. The van der Waals surface area contributed by atoms with Gasteiger partial charge in [0.15, 0.2) is 5.65 Å². The number of fused-ring (bicyclic) bond motifs is 1. The van der Waals surface area contributed by atoms with Gasteiger partial charge in [0.05, 0.1) is 17.3 Å². The van der Waals surface area contributed by atoms with E-state index in [2.05, 4.69) is 21.4 Å². The molecule has 2 aromatic carbocycles. The second-order valence-electron chi connectivity index (χ2n) is 6.45. The fraction of sp³-hybridized carbons (Fsp3) is 0.0952. The first-order chi connectivity index (χ1) is 14.0. The summed E-state index contributed by atoms with van der Waals surface area (Å²) in [6.45, 7) is 0. The van der Waals surface area contributed by atoms with E-state index in [-0.39, 0.29) is 17.0 Å². The van der Waals surface area contributed by atoms with Gasteiger partial charge in [0.1, 0.15) is 5.39 Å². The Balaban J connectivity index is 2.11. The molecule has 4 rings (SSSR count). The summed E-state index contributed by atoms with van der Waals surface area (Å²) in [6, 6.07) is 18.3. The molecule has 8 heteroatoms. The topological polar surface area (TPSA) is 106 Å². The highest BCUT2D eigenvalue weighted by molar-refractivity contribution is 5.92. The first-order valence-electron chi connectivity index (χ1n) is 8.80. The van der Waals surface area contributed by atoms with Gasteiger partial charge in [-0.2, -0.15) is 10.2 Å². The maximum atomic E-state index is 12.9. The molecule has 142 valence electrons. The van der Waals surface area contributed by atoms with E-state index in [1.165, 1.54) is 11.6 Å². The maximum absolute atomic E-state index is 12.9. The summed E-state index contributed by atoms with van der Waals surface area (Å²) < 4.78 is 2.31. The van der Waals surface area contributed by atoms with E-state index >= 15 is 0 Å². The molecule has 29 heavy (non-hydrogen) atoms. The molecule has 4 aromatic rings. The van der Waals surface area contributed by atoms with Gasteiger partial charge in [-0.25, -0.2) is 9.78 Å². The van der Waals surface area contributed by atoms with Gasteiger partial charge in [0, 0.05) is 25.3 Å². The number of aryl methyl sites for hydroxylation is 1. The van der Waals surface area contributed by atoms with Crippen LogP contribution in [0.15, 0.2) is 64.2 Å². The number of para-hydroxylation sites is 1. The summed E-state index contributed by atoms with van der Waals surface area (Å²) >= 11 is 0. The predicted molar refractivity (Wildman–Crippen MR) is 110 cm³/mol. The first kappa shape index (κ1) is 18.1. The summed E-state index contributed by atoms with van der Waals surface area (Å²) in [5, 5.41) is 12.8. The maximum Gasteiger partial charge on any atom is 0.332 e. The lowest BCUT2D eigenvalue weighted by Gasteiger charge is -2.13. The van der Waals surface area contributed by atoms with Gasteiger partial charge >= 0.3 is 5.69 Å². The zero-order chi connectivity index (χ0) is 20.5. The van der Waals surface area contributed by atoms with E-state index in [1.54, 1.807) is 31.3 Å². The molecular formula is C21H16N6O2. The van der Waals surface area contributed by atoms with Gasteiger partial charge in [0.2, 0.25) is 5.95 Å². The number of nitrogens with zero attached hydrogens (tertiary/aromatic N) is 5. The summed E-state index contributed by atoms with van der Waals surface area (Å²) in [4.78, 5) is 34.3. The van der Waals surface area contributed by atoms with E-state index < -0.39 is 11.2 Å². The van der Waals surface area contributed by atoms with Crippen molar-refractivity contribution in [2.24, 2.45) is 14.1 Å². The second-order valence-corrected chi connectivity index (χ2v) is 6.45. The van der Waals surface area contributed by atoms with Crippen LogP contribution < -0.4 is 16.6 Å². The Bertz CT molecular complexity index is 1400. The highest BCUT2D eigenvalue weighted by Gasteiger charge is 2.20. The van der Waals surface area contributed by atoms with Crippen LogP contribution in [0.2, 0.25) is 0 Å². The third-order valence-electron chi connectivity index (χ3n) is 4.63. The van der Waals surface area contributed by atoms with Crippen molar-refractivity contribution >= 4 is 22.7 Å². The molecule has 0 aliphatic rings. The van der Waals surface area contributed by atoms with Gasteiger partial charge in [-0.15, -0.1) is 0 Å². The number of rotatable bonds is 3. The largest absolute Gasteiger partial charge is 0.332 e. The molecule has 2 heterocycles. The van der Waals surface area contributed by atoms with Gasteiger partial charge in [-0.1, -0.05) is 36.4 Å². The van der Waals surface area contributed by atoms with Crippen LogP contribution in [0.4, 0.5) is 11.6 Å². The molecule has 0 fully saturated rings. The number of aromatic nitrogens is 4. The number of anilines is 2. The first-order valence-corrected chi connectivity index (χ1v) is 8.80. The van der Waals surface area contributed by atoms with Crippen molar-refractivity contribution in [3.8, 4) is 17.3 Å². The molecule has 0 saturated heterocycles. The third-order valence-corrected chi connectivity index (χ3v) is 4.63. The van der Waals surface area contributed by atoms with Crippen molar-refractivity contribution in [3.63, 3.8) is 0 Å². The number of benzene rings is 2. The minimum absolute atomic E-state index is 0.177. The molecule has 0 spiro atoms. The van der Waals surface area contributed by atoms with E-state index in [9.17, 15) is 14.9 Å². The fourth-order valence-electron chi connectivity index (χ4n) is 3.15. The summed E-state index contributed by atoms with van der Waals surface area (Å²) in [6.07, 6.45) is 0. The van der Waals surface area contributed by atoms with Crippen LogP contribution in [-0.2, 0) is 14.1 Å². The minimum atomic E-state index is -0.517. The molecule has 0 radical (unpaired) electrons. The second kappa shape index (κ2) is 7.05. The van der Waals surface area contributed by atoms with Crippen LogP contribution in [0, 0.1) is 11.3 Å². The molecule has 8 nitrogen and oxygen atoms in total. The van der Waals surface area contributed by atoms with Crippen molar-refractivity contribution in [1.29, 1.82) is 5.26 Å². The smallest absolute Gasteiger partial charge is 0.324 e. The lowest BCUT2D eigenvalue weighted by atomic mass is 10.0. The molecule has 1 N–H and O–H groups in total. The van der Waals surface area contributed by atoms with E-state index in [1.807, 2.05) is 30.3 Å². The zero-order valence-corrected chi connectivity index (χ0v) is 15.7. The standard InChI is InChI=1S/C21H16N6O2/c1-26-18-16(19(28)27(2)21(26)29)17(15-11-7-6-8-13(15)12-22)24-20(25-18)23-14-9-4-3-5-10-14/h3-11H,1-2H3,(H,23,24,25). The molecule has 0 aliphatic carbocycles. The Labute approximate surface area is 165 Å². The Morgan fingerprint density at radius 2 is 1.62 bits per heavy atom. The molecule has 0 aliphatic heterocycles. The van der Waals surface area contributed by atoms with E-state index in [4.69, 9.17) is 0 Å². The van der Waals surface area contributed by atoms with Gasteiger partial charge in [-0.05, 0) is 18.2 Å². The highest BCUT2D eigenvalue weighted by Crippen LogP contribution is 2.28. The number of nitriles is 1. The average Bonchev–Trinajstić information content (AvgIpc) is 2.76. The fourth-order valence-corrected chi connectivity index (χ4v) is 3.15. The van der Waals surface area contributed by atoms with Crippen molar-refractivity contribution in [2.75, 3.05) is 5.32 Å². The summed E-state index contributed by atoms with van der Waals surface area (Å²) in [5.74, 6) is 0.217. The molecule has 0 amide bonds. The molecule has 0 unspecified atom stereocenters. The van der Waals surface area contributed by atoms with Crippen LogP contribution in [0.5, 0.6) is 0 Å². The zero-order valence-electron chi connectivity index (χ0n) is 15.7. The van der Waals surface area contributed by atoms with Crippen LogP contribution in [-0.4, -0.2) is 19.1 Å². The lowest BCUT2D eigenvalue weighted by molar-refractivity contribution is 0.707. The number of hydrogen-bond donors (Lipinski definition) is 1. The predicted octanol–water partition coefficient (Wildman–Crippen LogP) is 2.31. The monoisotopic (exact) mass is 384 g/mol. The molecule has 0 atom stereocenters. The van der Waals surface area contributed by atoms with Gasteiger partial charge in [-0.3, -0.25) is 13.9 Å². The van der Waals surface area contributed by atoms with Gasteiger partial charge < -0.3 is 5.32 Å². The van der Waals surface area contributed by atoms with Crippen molar-refractivity contribution in [1.82, 2.24) is 19.1 Å². The van der Waals surface area contributed by atoms with E-state index in [0.29, 0.717) is 16.8 Å². The summed E-state index contributed by atoms with van der Waals surface area (Å²) in [7, 11) is 2.95. The quantitative estimate of drug-likeness (QED) is 0.581. The van der Waals surface area contributed by atoms with E-state index in [0.717, 1.165) is 10.3 Å². The summed E-state index contributed by atoms with van der Waals surface area (Å²) in [5.41, 5.74) is 1.09. The van der Waals surface area contributed by atoms with Crippen LogP contribution in [0.1, 0.15) is 5.56 Å². The van der Waals surface area contributed by atoms with Crippen LogP contribution >= 0.6 is 0 Å². The Morgan fingerprint density at radius 1 is 0.931 bits per heavy atom. The molecule has 2 aromatic heterocycles. The Hall–Kier alpha value is -4.25. The number of hydrogen-bond acceptors (Lipinski definition) is 6. The van der Waals surface area contributed by atoms with Gasteiger partial charge in [0.25, 0.3) is 5.56 Å². The molecular weight excluding hydrogens is 368 g/mol. The molecule has 0 saturated carbocycles. The molecule has 0 bridgehead atoms. The Kier molecular flexibility index (Phi) is 4.41. The van der Waals surface area contributed by atoms with Crippen molar-refractivity contribution in [2.45, 2.75) is 0 Å². The van der Waals surface area contributed by atoms with Crippen LogP contribution in [0.3, 0.4) is 0 Å². The Morgan fingerprint density at radius 3 is 2.34 bits per heavy atom. The normalized spacial score (nSPS) is 10.7. The lowest BCUT2D eigenvalue weighted by Crippen LogP contribution is -2.37. The average molecular weight is 384 g/mol. The van der Waals surface area contributed by atoms with Crippen LogP contribution in [0.25, 0.3) is 22.3 Å². The third kappa shape index (κ3) is 3.04. The van der Waals surface area contributed by atoms with Crippen molar-refractivity contribution < 1.29 is 0 Å². The SMILES string of the molecule is Cn1c(=O)c2c(-c3ccccc3C#N)nc(Nc3ccccc3)nc2n(C)c1=O. The highest BCUT2D eigenvalue weighted by atomic mass is 16.2. The van der Waals surface area contributed by atoms with Crippen molar-refractivity contribution in [3.05, 3.63) is 81.0 Å².